The van der Waals surface area contributed by atoms with Crippen LogP contribution in [-0.4, -0.2) is 65.5 Å². The van der Waals surface area contributed by atoms with Crippen molar-refractivity contribution in [2.24, 2.45) is 5.73 Å². The van der Waals surface area contributed by atoms with Crippen molar-refractivity contribution < 1.29 is 33.4 Å². The number of benzene rings is 1. The van der Waals surface area contributed by atoms with Crippen molar-refractivity contribution in [2.45, 2.75) is 85.0 Å². The number of hydrogen-bond donors (Lipinski definition) is 3. The highest BCUT2D eigenvalue weighted by Crippen LogP contribution is 2.32. The SMILES string of the molecule is COC(=O)CNC(=O)C(c1cc(C)ccc1C)N(C(=O)C(CC(N)=O)NC(=O)OC(C)(C)C)C(C)(C)C. The van der Waals surface area contributed by atoms with Gasteiger partial charge in [-0.3, -0.25) is 19.2 Å². The molecule has 2 atom stereocenters. The van der Waals surface area contributed by atoms with Crippen molar-refractivity contribution in [1.82, 2.24) is 15.5 Å². The van der Waals surface area contributed by atoms with E-state index in [2.05, 4.69) is 15.4 Å². The number of primary amides is 1. The molecule has 0 fully saturated rings. The molecule has 0 aliphatic carbocycles. The third-order valence-electron chi connectivity index (χ3n) is 5.23. The highest BCUT2D eigenvalue weighted by molar-refractivity contribution is 5.95. The average molecular weight is 521 g/mol. The fraction of sp³-hybridized carbons (Fsp3) is 0.577. The van der Waals surface area contributed by atoms with Crippen LogP contribution in [0.3, 0.4) is 0 Å². The number of nitrogens with one attached hydrogen (secondary N) is 2. The summed E-state index contributed by atoms with van der Waals surface area (Å²) in [5, 5.41) is 4.96. The fourth-order valence-corrected chi connectivity index (χ4v) is 3.64. The molecule has 11 heteroatoms. The maximum atomic E-state index is 14.0. The summed E-state index contributed by atoms with van der Waals surface area (Å²) in [5.74, 6) is -2.87. The minimum Gasteiger partial charge on any atom is -0.468 e. The molecule has 4 N–H and O–H groups in total. The largest absolute Gasteiger partial charge is 0.468 e. The van der Waals surface area contributed by atoms with Crippen LogP contribution in [0.15, 0.2) is 18.2 Å². The number of rotatable bonds is 9. The smallest absolute Gasteiger partial charge is 0.408 e. The first-order valence-corrected chi connectivity index (χ1v) is 11.9. The summed E-state index contributed by atoms with van der Waals surface area (Å²) in [4.78, 5) is 65.0. The Hall–Kier alpha value is -3.63. The van der Waals surface area contributed by atoms with Gasteiger partial charge in [0, 0.05) is 5.54 Å². The Balaban J connectivity index is 3.65. The maximum Gasteiger partial charge on any atom is 0.408 e. The van der Waals surface area contributed by atoms with Gasteiger partial charge in [0.05, 0.1) is 13.5 Å². The minimum atomic E-state index is -1.41. The number of hydrogen-bond acceptors (Lipinski definition) is 7. The highest BCUT2D eigenvalue weighted by Gasteiger charge is 2.42. The molecule has 1 aromatic rings. The summed E-state index contributed by atoms with van der Waals surface area (Å²) in [6.07, 6.45) is -1.44. The van der Waals surface area contributed by atoms with E-state index in [4.69, 9.17) is 10.5 Å². The van der Waals surface area contributed by atoms with Gasteiger partial charge in [0.25, 0.3) is 0 Å². The van der Waals surface area contributed by atoms with Crippen LogP contribution in [0.2, 0.25) is 0 Å². The summed E-state index contributed by atoms with van der Waals surface area (Å²) in [6, 6.07) is 2.83. The molecule has 206 valence electrons. The molecule has 0 saturated heterocycles. The van der Waals surface area contributed by atoms with Crippen LogP contribution >= 0.6 is 0 Å². The van der Waals surface area contributed by atoms with Crippen molar-refractivity contribution >= 4 is 29.8 Å². The standard InChI is InChI=1S/C26H40N4O7/c1-15-10-11-16(2)17(12-15)21(22(33)28-14-20(32)36-9)30(25(3,4)5)23(34)18(13-19(27)31)29-24(35)37-26(6,7)8/h10-12,18,21H,13-14H2,1-9H3,(H2,27,31)(H,28,33)(H,29,35). The van der Waals surface area contributed by atoms with Crippen LogP contribution < -0.4 is 16.4 Å². The van der Waals surface area contributed by atoms with Crippen LogP contribution in [0, 0.1) is 13.8 Å². The Kier molecular flexibility index (Phi) is 10.7. The Bertz CT molecular complexity index is 1020. The van der Waals surface area contributed by atoms with E-state index in [0.717, 1.165) is 11.1 Å². The summed E-state index contributed by atoms with van der Waals surface area (Å²) in [7, 11) is 1.19. The number of methoxy groups -OCH3 is 1. The molecule has 1 rings (SSSR count). The van der Waals surface area contributed by atoms with Crippen LogP contribution in [0.1, 0.15) is 70.7 Å². The van der Waals surface area contributed by atoms with Crippen molar-refractivity contribution in [3.63, 3.8) is 0 Å². The molecule has 0 spiro atoms. The van der Waals surface area contributed by atoms with Crippen molar-refractivity contribution in [2.75, 3.05) is 13.7 Å². The molecule has 0 aliphatic heterocycles. The first kappa shape index (κ1) is 31.4. The van der Waals surface area contributed by atoms with E-state index in [0.29, 0.717) is 5.56 Å². The molecular weight excluding hydrogens is 480 g/mol. The molecule has 0 saturated carbocycles. The molecule has 1 aromatic carbocycles. The molecule has 2 unspecified atom stereocenters. The molecule has 0 heterocycles. The number of alkyl carbamates (subject to hydrolysis) is 1. The van der Waals surface area contributed by atoms with E-state index in [-0.39, 0.29) is 0 Å². The maximum absolute atomic E-state index is 14.0. The minimum absolute atomic E-state index is 0.413. The van der Waals surface area contributed by atoms with Crippen LogP contribution in [-0.2, 0) is 28.7 Å². The first-order chi connectivity index (χ1) is 16.9. The fourth-order valence-electron chi connectivity index (χ4n) is 3.64. The molecule has 0 aliphatic rings. The third kappa shape index (κ3) is 9.74. The number of carbonyl (C=O) groups is 5. The number of carbonyl (C=O) groups excluding carboxylic acids is 5. The molecule has 0 radical (unpaired) electrons. The third-order valence-corrected chi connectivity index (χ3v) is 5.23. The Morgan fingerprint density at radius 3 is 2.11 bits per heavy atom. The molecule has 0 bridgehead atoms. The van der Waals surface area contributed by atoms with E-state index in [9.17, 15) is 24.0 Å². The lowest BCUT2D eigenvalue weighted by atomic mass is 9.91. The second-order valence-electron chi connectivity index (χ2n) is 10.8. The highest BCUT2D eigenvalue weighted by atomic mass is 16.6. The van der Waals surface area contributed by atoms with Crippen molar-refractivity contribution in [3.8, 4) is 0 Å². The molecule has 11 nitrogen and oxygen atoms in total. The van der Waals surface area contributed by atoms with Gasteiger partial charge in [-0.1, -0.05) is 23.8 Å². The van der Waals surface area contributed by atoms with E-state index < -0.39 is 66.0 Å². The number of esters is 1. The van der Waals surface area contributed by atoms with Crippen LogP contribution in [0.4, 0.5) is 4.79 Å². The summed E-state index contributed by atoms with van der Waals surface area (Å²) < 4.78 is 9.89. The predicted octanol–water partition coefficient (Wildman–Crippen LogP) is 2.03. The molecular formula is C26H40N4O7. The van der Waals surface area contributed by atoms with Gasteiger partial charge in [0.2, 0.25) is 17.7 Å². The molecule has 0 aromatic heterocycles. The predicted molar refractivity (Wildman–Crippen MR) is 137 cm³/mol. The number of ether oxygens (including phenoxy) is 2. The lowest BCUT2D eigenvalue weighted by Gasteiger charge is -2.43. The van der Waals surface area contributed by atoms with E-state index in [1.165, 1.54) is 12.0 Å². The summed E-state index contributed by atoms with van der Waals surface area (Å²) in [5.41, 5.74) is 5.64. The van der Waals surface area contributed by atoms with Crippen LogP contribution in [0.25, 0.3) is 0 Å². The summed E-state index contributed by atoms with van der Waals surface area (Å²) >= 11 is 0. The van der Waals surface area contributed by atoms with Crippen molar-refractivity contribution in [3.05, 3.63) is 34.9 Å². The Morgan fingerprint density at radius 1 is 1.03 bits per heavy atom. The molecule has 37 heavy (non-hydrogen) atoms. The van der Waals surface area contributed by atoms with Gasteiger partial charge in [-0.05, 0) is 66.5 Å². The normalized spacial score (nSPS) is 13.1. The number of amides is 4. The number of nitrogens with zero attached hydrogens (tertiary/aromatic N) is 1. The quantitative estimate of drug-likeness (QED) is 0.420. The Labute approximate surface area is 218 Å². The van der Waals surface area contributed by atoms with E-state index in [1.54, 1.807) is 54.5 Å². The topological polar surface area (TPSA) is 157 Å². The van der Waals surface area contributed by atoms with Gasteiger partial charge >= 0.3 is 12.1 Å². The van der Waals surface area contributed by atoms with Gasteiger partial charge in [-0.25, -0.2) is 4.79 Å². The van der Waals surface area contributed by atoms with Crippen LogP contribution in [0.5, 0.6) is 0 Å². The zero-order valence-electron chi connectivity index (χ0n) is 23.2. The number of aryl methyl sites for hydroxylation is 2. The Morgan fingerprint density at radius 2 is 1.62 bits per heavy atom. The lowest BCUT2D eigenvalue weighted by Crippen LogP contribution is -2.59. The average Bonchev–Trinajstić information content (AvgIpc) is 2.73. The zero-order chi connectivity index (χ0) is 28.7. The monoisotopic (exact) mass is 520 g/mol. The second-order valence-corrected chi connectivity index (χ2v) is 10.8. The lowest BCUT2D eigenvalue weighted by molar-refractivity contribution is -0.150. The first-order valence-electron chi connectivity index (χ1n) is 11.9. The van der Waals surface area contributed by atoms with Gasteiger partial charge in [-0.2, -0.15) is 0 Å². The summed E-state index contributed by atoms with van der Waals surface area (Å²) in [6.45, 7) is 13.3. The van der Waals surface area contributed by atoms with Gasteiger partial charge in [0.15, 0.2) is 0 Å². The van der Waals surface area contributed by atoms with Gasteiger partial charge in [0.1, 0.15) is 24.2 Å². The zero-order valence-corrected chi connectivity index (χ0v) is 23.2. The number of nitrogens with two attached hydrogens (primary N) is 1. The van der Waals surface area contributed by atoms with Gasteiger partial charge < -0.3 is 30.7 Å². The van der Waals surface area contributed by atoms with Gasteiger partial charge in [-0.15, -0.1) is 0 Å². The second kappa shape index (κ2) is 12.6. The van der Waals surface area contributed by atoms with E-state index in [1.807, 2.05) is 19.1 Å². The van der Waals surface area contributed by atoms with Crippen molar-refractivity contribution in [1.29, 1.82) is 0 Å². The van der Waals surface area contributed by atoms with E-state index >= 15 is 0 Å². The molecule has 4 amide bonds.